The second-order valence-corrected chi connectivity index (χ2v) is 25.6. The lowest BCUT2D eigenvalue weighted by molar-refractivity contribution is -0.397. The van der Waals surface area contributed by atoms with E-state index in [0.29, 0.717) is 88.3 Å². The van der Waals surface area contributed by atoms with Crippen molar-refractivity contribution in [2.45, 2.75) is 158 Å². The molecular formula is C64H74N4O13. The summed E-state index contributed by atoms with van der Waals surface area (Å²) < 4.78 is 17.1. The molecule has 2 spiro atoms. The molecule has 14 bridgehead atoms. The van der Waals surface area contributed by atoms with Gasteiger partial charge < -0.3 is 65.1 Å². The number of phenolic OH excluding ortho intramolecular Hbond substituents is 2. The average Bonchev–Trinajstić information content (AvgIpc) is 3.05. The number of carbonyl (C=O) groups excluding carboxylic acids is 1. The number of piperidine rings is 1. The average molecular weight is 1110 g/mol. The summed E-state index contributed by atoms with van der Waals surface area (Å²) in [6, 6.07) is 12.9. The second-order valence-electron chi connectivity index (χ2n) is 25.6. The molecule has 17 heteroatoms. The highest BCUT2D eigenvalue weighted by molar-refractivity contribution is 5.94. The van der Waals surface area contributed by atoms with Gasteiger partial charge in [0.25, 0.3) is 0 Å². The summed E-state index contributed by atoms with van der Waals surface area (Å²) in [5, 5.41) is 89.9. The highest BCUT2D eigenvalue weighted by Crippen LogP contribution is 2.64. The van der Waals surface area contributed by atoms with E-state index in [-0.39, 0.29) is 70.8 Å². The SMILES string of the molecule is CCc1c2cc3[nH]c2cn1-c1c2c(cc4c(=O)cc(C)oc14)CC1OOC(C(O)(Cc4ccc(O)c5ccc(O)cc45)C(O)C(O)C(O)CO)C#CCC4CCNC5C4CC4CC5C1(CC4C1CNC(=O)C14CCCC(CCC3)C4)O2. The molecule has 3 aliphatic carbocycles. The molecule has 16 unspecified atom stereocenters. The third kappa shape index (κ3) is 8.31. The number of aromatic amines is 1. The van der Waals surface area contributed by atoms with E-state index < -0.39 is 60.2 Å². The predicted molar refractivity (Wildman–Crippen MR) is 300 cm³/mol. The number of fused-ring (bicyclic) bond motifs is 5. The van der Waals surface area contributed by atoms with Crippen molar-refractivity contribution in [3.05, 3.63) is 93.2 Å². The summed E-state index contributed by atoms with van der Waals surface area (Å²) in [4.78, 5) is 46.9. The third-order valence-electron chi connectivity index (χ3n) is 21.4. The van der Waals surface area contributed by atoms with E-state index in [1.165, 1.54) is 36.4 Å². The fourth-order valence-electron chi connectivity index (χ4n) is 17.6. The maximum Gasteiger partial charge on any atom is 0.226 e. The first-order valence-electron chi connectivity index (χ1n) is 29.8. The number of aromatic hydroxyl groups is 2. The molecule has 81 heavy (non-hydrogen) atoms. The van der Waals surface area contributed by atoms with Gasteiger partial charge in [0.05, 0.1) is 22.9 Å². The first-order chi connectivity index (χ1) is 39.1. The number of nitrogens with zero attached hydrogens (tertiary/aromatic N) is 1. The van der Waals surface area contributed by atoms with Crippen molar-refractivity contribution in [1.82, 2.24) is 20.2 Å². The number of aryl methyl sites for hydroxylation is 3. The third-order valence-corrected chi connectivity index (χ3v) is 21.4. The number of ether oxygens (including phenoxy) is 1. The molecule has 428 valence electrons. The zero-order valence-electron chi connectivity index (χ0n) is 46.0. The number of rotatable bonds is 8. The van der Waals surface area contributed by atoms with Crippen LogP contribution in [0.4, 0.5) is 0 Å². The molecule has 2 saturated heterocycles. The number of nitrogens with one attached hydrogen (secondary N) is 3. The van der Waals surface area contributed by atoms with Gasteiger partial charge in [0, 0.05) is 77.8 Å². The van der Waals surface area contributed by atoms with Gasteiger partial charge in [-0.25, -0.2) is 9.78 Å². The van der Waals surface area contributed by atoms with Gasteiger partial charge in [0.1, 0.15) is 58.6 Å². The number of amides is 1. The maximum atomic E-state index is 14.9. The number of aromatic nitrogens is 2. The molecule has 9 heterocycles. The molecule has 10 N–H and O–H groups in total. The van der Waals surface area contributed by atoms with Crippen molar-refractivity contribution in [3.8, 4) is 34.8 Å². The molecule has 6 aromatic rings. The van der Waals surface area contributed by atoms with Crippen LogP contribution in [0.15, 0.2) is 63.9 Å². The topological polar surface area (TPSA) is 261 Å². The summed E-state index contributed by atoms with van der Waals surface area (Å²) in [7, 11) is 0. The van der Waals surface area contributed by atoms with E-state index in [1.807, 2.05) is 6.07 Å². The first-order valence-corrected chi connectivity index (χ1v) is 29.8. The lowest BCUT2D eigenvalue weighted by Crippen LogP contribution is -2.71. The van der Waals surface area contributed by atoms with Crippen molar-refractivity contribution in [1.29, 1.82) is 0 Å². The molecule has 1 amide bonds. The van der Waals surface area contributed by atoms with Gasteiger partial charge in [-0.2, -0.15) is 0 Å². The number of aliphatic hydroxyl groups is 5. The van der Waals surface area contributed by atoms with Gasteiger partial charge in [-0.1, -0.05) is 38.2 Å². The zero-order valence-corrected chi connectivity index (χ0v) is 46.0. The largest absolute Gasteiger partial charge is 0.508 e. The van der Waals surface area contributed by atoms with Crippen LogP contribution in [0.25, 0.3) is 38.3 Å². The number of carbonyl (C=O) groups is 1. The van der Waals surface area contributed by atoms with Gasteiger partial charge in [-0.15, -0.1) is 5.92 Å². The monoisotopic (exact) mass is 1110 g/mol. The van der Waals surface area contributed by atoms with Crippen LogP contribution in [0, 0.1) is 65.6 Å². The highest BCUT2D eigenvalue weighted by atomic mass is 17.2. The smallest absolute Gasteiger partial charge is 0.226 e. The van der Waals surface area contributed by atoms with Crippen molar-refractivity contribution >= 4 is 38.6 Å². The summed E-state index contributed by atoms with van der Waals surface area (Å²) in [6.07, 6.45) is 3.38. The van der Waals surface area contributed by atoms with Crippen molar-refractivity contribution in [2.75, 3.05) is 19.7 Å². The van der Waals surface area contributed by atoms with E-state index in [9.17, 15) is 45.3 Å². The van der Waals surface area contributed by atoms with E-state index >= 15 is 0 Å². The molecular weight excluding hydrogens is 1030 g/mol. The Balaban J connectivity index is 0.997. The standard InChI is InChI=1S/C64H74N4O13/c1-3-49-43-24-38-10-4-7-33-8-6-17-62(26-33)47(29-66-61(62)76)45-28-64-46-22-36(45)20-42-34(16-18-65-55(42)46)9-5-11-53(63(77,60(75)57(74)52(73)31-69)27-35-12-15-50(71)40-14-13-39(70)25-41(35)40)80-81-54(64)23-37-21-44-51(72)19-32(2)78-59(44)56(58(37)79-64)68(49)30-48(43)67-38/h12-15,19,21,24-25,30,33-34,36,42,45-47,52-55,57,60,65,67,69-71,73-75,77H,3-4,6-10,16-18,20,22-23,26-29,31H2,1-2H3,(H,66,76). The van der Waals surface area contributed by atoms with Gasteiger partial charge >= 0.3 is 0 Å². The molecule has 17 nitrogen and oxygen atoms in total. The van der Waals surface area contributed by atoms with Gasteiger partial charge in [0.15, 0.2) is 22.9 Å². The normalized spacial score (nSPS) is 33.3. The highest BCUT2D eigenvalue weighted by Gasteiger charge is 2.67. The summed E-state index contributed by atoms with van der Waals surface area (Å²) >= 11 is 0. The summed E-state index contributed by atoms with van der Waals surface area (Å²) in [5.74, 6) is 8.09. The van der Waals surface area contributed by atoms with Crippen molar-refractivity contribution in [2.24, 2.45) is 46.8 Å². The van der Waals surface area contributed by atoms with E-state index in [0.717, 1.165) is 86.5 Å². The van der Waals surface area contributed by atoms with Gasteiger partial charge in [-0.05, 0) is 154 Å². The van der Waals surface area contributed by atoms with Crippen LogP contribution in [0.3, 0.4) is 0 Å². The Morgan fingerprint density at radius 3 is 2.60 bits per heavy atom. The van der Waals surface area contributed by atoms with Crippen molar-refractivity contribution in [3.63, 3.8) is 0 Å². The van der Waals surface area contributed by atoms with Crippen LogP contribution in [-0.4, -0.2) is 119 Å². The second kappa shape index (κ2) is 19.9. The number of phenols is 2. The Morgan fingerprint density at radius 2 is 1.77 bits per heavy atom. The fraction of sp³-hybridized carbons (Fsp3) is 0.562. The Labute approximate surface area is 468 Å². The van der Waals surface area contributed by atoms with Gasteiger partial charge in [0.2, 0.25) is 5.91 Å². The molecule has 15 rings (SSSR count). The molecule has 3 aromatic heterocycles. The minimum atomic E-state index is -2.62. The zero-order chi connectivity index (χ0) is 55.9. The Bertz CT molecular complexity index is 3620. The first kappa shape index (κ1) is 53.1. The molecule has 6 aliphatic heterocycles. The maximum absolute atomic E-state index is 14.9. The molecule has 16 atom stereocenters. The van der Waals surface area contributed by atoms with Crippen LogP contribution in [0.1, 0.15) is 106 Å². The minimum Gasteiger partial charge on any atom is -0.508 e. The van der Waals surface area contributed by atoms with Crippen LogP contribution < -0.4 is 20.8 Å². The Kier molecular flexibility index (Phi) is 13.0. The lowest BCUT2D eigenvalue weighted by atomic mass is 9.47. The van der Waals surface area contributed by atoms with Crippen LogP contribution in [0.5, 0.6) is 17.2 Å². The quantitative estimate of drug-likeness (QED) is 0.0600. The molecule has 5 fully saturated rings. The minimum absolute atomic E-state index is 0.00964. The van der Waals surface area contributed by atoms with E-state index in [4.69, 9.17) is 18.9 Å². The number of hydrogen-bond acceptors (Lipinski definition) is 14. The number of aliphatic hydroxyl groups excluding tert-OH is 4. The number of H-pyrrole nitrogens is 1. The molecule has 3 aromatic carbocycles. The summed E-state index contributed by atoms with van der Waals surface area (Å²) in [6.45, 7) is 4.24. The molecule has 9 aliphatic rings. The van der Waals surface area contributed by atoms with Crippen molar-refractivity contribution < 1.29 is 59.5 Å². The fourth-order valence-corrected chi connectivity index (χ4v) is 17.6. The number of benzene rings is 3. The predicted octanol–water partition coefficient (Wildman–Crippen LogP) is 6.21. The van der Waals surface area contributed by atoms with Crippen LogP contribution in [0.2, 0.25) is 0 Å². The van der Waals surface area contributed by atoms with Crippen LogP contribution >= 0.6 is 0 Å². The Morgan fingerprint density at radius 1 is 0.914 bits per heavy atom. The lowest BCUT2D eigenvalue weighted by Gasteiger charge is -2.63. The number of hydrogen-bond donors (Lipinski definition) is 10. The molecule has 3 saturated carbocycles. The van der Waals surface area contributed by atoms with E-state index in [2.05, 4.69) is 51.2 Å². The van der Waals surface area contributed by atoms with E-state index in [1.54, 1.807) is 6.92 Å². The van der Waals surface area contributed by atoms with Gasteiger partial charge in [-0.3, -0.25) is 9.59 Å². The molecule has 0 radical (unpaired) electrons. The summed E-state index contributed by atoms with van der Waals surface area (Å²) in [5.41, 5.74) is 0.509. The Hall–Kier alpha value is -5.94. The van der Waals surface area contributed by atoms with Crippen LogP contribution in [-0.2, 0) is 40.3 Å².